The summed E-state index contributed by atoms with van der Waals surface area (Å²) < 4.78 is 0. The van der Waals surface area contributed by atoms with Crippen LogP contribution in [0.5, 0.6) is 0 Å². The summed E-state index contributed by atoms with van der Waals surface area (Å²) in [7, 11) is 0. The van der Waals surface area contributed by atoms with Crippen LogP contribution < -0.4 is 0 Å². The van der Waals surface area contributed by atoms with Crippen molar-refractivity contribution in [2.75, 3.05) is 0 Å². The van der Waals surface area contributed by atoms with Gasteiger partial charge in [-0.05, 0) is 24.3 Å². The SMILES string of the molecule is O=[N+]([O-])c1ccccc1/C=C/c1ccccc1N=Nc1ccccc1[N+](=O)[O-]. The maximum absolute atomic E-state index is 11.1. The molecule has 0 bridgehead atoms. The van der Waals surface area contributed by atoms with Crippen LogP contribution in [-0.4, -0.2) is 9.85 Å². The topological polar surface area (TPSA) is 111 Å². The number of benzene rings is 3. The van der Waals surface area contributed by atoms with Crippen molar-refractivity contribution < 1.29 is 9.85 Å². The Labute approximate surface area is 159 Å². The lowest BCUT2D eigenvalue weighted by Gasteiger charge is -2.00. The zero-order valence-electron chi connectivity index (χ0n) is 14.5. The van der Waals surface area contributed by atoms with Crippen molar-refractivity contribution in [1.82, 2.24) is 0 Å². The molecule has 0 saturated heterocycles. The monoisotopic (exact) mass is 374 g/mol. The van der Waals surface area contributed by atoms with E-state index in [0.29, 0.717) is 16.8 Å². The van der Waals surface area contributed by atoms with Gasteiger partial charge < -0.3 is 0 Å². The predicted octanol–water partition coefficient (Wildman–Crippen LogP) is 6.09. The number of nitrogens with zero attached hydrogens (tertiary/aromatic N) is 4. The first-order chi connectivity index (χ1) is 13.6. The molecule has 8 nitrogen and oxygen atoms in total. The van der Waals surface area contributed by atoms with Gasteiger partial charge >= 0.3 is 0 Å². The quantitative estimate of drug-likeness (QED) is 0.225. The highest BCUT2D eigenvalue weighted by Gasteiger charge is 2.12. The lowest BCUT2D eigenvalue weighted by atomic mass is 10.1. The summed E-state index contributed by atoms with van der Waals surface area (Å²) in [5, 5.41) is 30.3. The lowest BCUT2D eigenvalue weighted by Crippen LogP contribution is -1.90. The van der Waals surface area contributed by atoms with E-state index < -0.39 is 9.85 Å². The second-order valence-corrected chi connectivity index (χ2v) is 5.65. The molecule has 0 aromatic heterocycles. The highest BCUT2D eigenvalue weighted by molar-refractivity contribution is 5.78. The number of rotatable bonds is 6. The summed E-state index contributed by atoms with van der Waals surface area (Å²) in [4.78, 5) is 21.2. The normalized spacial score (nSPS) is 11.1. The third-order valence-corrected chi connectivity index (χ3v) is 3.86. The lowest BCUT2D eigenvalue weighted by molar-refractivity contribution is -0.385. The highest BCUT2D eigenvalue weighted by atomic mass is 16.6. The molecular weight excluding hydrogens is 360 g/mol. The summed E-state index contributed by atoms with van der Waals surface area (Å²) in [6.45, 7) is 0. The number of azo groups is 1. The molecule has 0 fully saturated rings. The van der Waals surface area contributed by atoms with Gasteiger partial charge in [0.15, 0.2) is 5.69 Å². The van der Waals surface area contributed by atoms with Crippen LogP contribution in [0.25, 0.3) is 12.2 Å². The summed E-state index contributed by atoms with van der Waals surface area (Å²) >= 11 is 0. The molecule has 0 N–H and O–H groups in total. The van der Waals surface area contributed by atoms with Gasteiger partial charge in [-0.25, -0.2) is 0 Å². The van der Waals surface area contributed by atoms with E-state index in [1.54, 1.807) is 66.7 Å². The van der Waals surface area contributed by atoms with Crippen molar-refractivity contribution >= 4 is 34.9 Å². The molecule has 0 radical (unpaired) electrons. The van der Waals surface area contributed by atoms with Crippen LogP contribution in [0.3, 0.4) is 0 Å². The minimum absolute atomic E-state index is 0.00207. The fourth-order valence-electron chi connectivity index (χ4n) is 2.50. The molecule has 28 heavy (non-hydrogen) atoms. The average Bonchev–Trinajstić information content (AvgIpc) is 2.71. The Kier molecular flexibility index (Phi) is 5.61. The summed E-state index contributed by atoms with van der Waals surface area (Å²) in [5.74, 6) is 0. The minimum atomic E-state index is -0.519. The Morgan fingerprint density at radius 1 is 0.607 bits per heavy atom. The molecule has 3 aromatic carbocycles. The van der Waals surface area contributed by atoms with E-state index in [2.05, 4.69) is 10.2 Å². The fourth-order valence-corrected chi connectivity index (χ4v) is 2.50. The van der Waals surface area contributed by atoms with Gasteiger partial charge in [0.1, 0.15) is 0 Å². The van der Waals surface area contributed by atoms with Gasteiger partial charge in [0.25, 0.3) is 11.4 Å². The maximum Gasteiger partial charge on any atom is 0.296 e. The molecule has 0 heterocycles. The molecule has 0 saturated carbocycles. The van der Waals surface area contributed by atoms with Gasteiger partial charge in [0, 0.05) is 17.7 Å². The van der Waals surface area contributed by atoms with E-state index in [4.69, 9.17) is 0 Å². The number of para-hydroxylation sites is 2. The highest BCUT2D eigenvalue weighted by Crippen LogP contribution is 2.30. The standard InChI is InChI=1S/C20H14N4O4/c25-23(26)19-11-5-2-8-16(19)14-13-15-7-1-3-9-17(15)21-22-18-10-4-6-12-20(18)24(27)28/h1-14H/b14-13+,22-21?. The molecule has 0 unspecified atom stereocenters. The van der Waals surface area contributed by atoms with E-state index in [1.165, 1.54) is 18.2 Å². The maximum atomic E-state index is 11.1. The van der Waals surface area contributed by atoms with Gasteiger partial charge in [-0.1, -0.05) is 48.5 Å². The molecule has 0 aliphatic heterocycles. The summed E-state index contributed by atoms with van der Waals surface area (Å²) in [6, 6.07) is 19.5. The van der Waals surface area contributed by atoms with Gasteiger partial charge in [0.2, 0.25) is 0 Å². The second-order valence-electron chi connectivity index (χ2n) is 5.65. The van der Waals surface area contributed by atoms with Gasteiger partial charge in [0.05, 0.1) is 21.1 Å². The number of nitro benzene ring substituents is 2. The average molecular weight is 374 g/mol. The second kappa shape index (κ2) is 8.45. The predicted molar refractivity (Wildman–Crippen MR) is 106 cm³/mol. The third kappa shape index (κ3) is 4.31. The van der Waals surface area contributed by atoms with Crippen LogP contribution in [0, 0.1) is 20.2 Å². The molecule has 0 atom stereocenters. The minimum Gasteiger partial charge on any atom is -0.258 e. The molecule has 8 heteroatoms. The fraction of sp³-hybridized carbons (Fsp3) is 0. The zero-order valence-corrected chi connectivity index (χ0v) is 14.5. The zero-order chi connectivity index (χ0) is 19.9. The Hall–Kier alpha value is -4.20. The van der Waals surface area contributed by atoms with E-state index in [1.807, 2.05) is 0 Å². The summed E-state index contributed by atoms with van der Waals surface area (Å²) in [5.41, 5.74) is 1.61. The first-order valence-electron chi connectivity index (χ1n) is 8.22. The van der Waals surface area contributed by atoms with Crippen molar-refractivity contribution in [3.8, 4) is 0 Å². The molecular formula is C20H14N4O4. The third-order valence-electron chi connectivity index (χ3n) is 3.86. The van der Waals surface area contributed by atoms with Crippen LogP contribution in [0.1, 0.15) is 11.1 Å². The molecule has 138 valence electrons. The van der Waals surface area contributed by atoms with E-state index in [0.717, 1.165) is 0 Å². The molecule has 3 rings (SSSR count). The Bertz CT molecular complexity index is 1010. The van der Waals surface area contributed by atoms with Crippen LogP contribution in [0.15, 0.2) is 83.0 Å². The largest absolute Gasteiger partial charge is 0.296 e. The Balaban J connectivity index is 1.93. The van der Waals surface area contributed by atoms with Crippen molar-refractivity contribution in [2.45, 2.75) is 0 Å². The van der Waals surface area contributed by atoms with Gasteiger partial charge in [-0.3, -0.25) is 20.2 Å². The molecule has 0 aliphatic rings. The van der Waals surface area contributed by atoms with Crippen LogP contribution >= 0.6 is 0 Å². The molecule has 3 aromatic rings. The number of nitro groups is 2. The van der Waals surface area contributed by atoms with Crippen molar-refractivity contribution in [2.24, 2.45) is 10.2 Å². The molecule has 0 amide bonds. The number of hydrogen-bond acceptors (Lipinski definition) is 6. The van der Waals surface area contributed by atoms with E-state index in [-0.39, 0.29) is 17.1 Å². The number of hydrogen-bond donors (Lipinski definition) is 0. The smallest absolute Gasteiger partial charge is 0.258 e. The van der Waals surface area contributed by atoms with Crippen LogP contribution in [-0.2, 0) is 0 Å². The molecule has 0 spiro atoms. The van der Waals surface area contributed by atoms with Crippen molar-refractivity contribution in [3.63, 3.8) is 0 Å². The van der Waals surface area contributed by atoms with E-state index in [9.17, 15) is 20.2 Å². The first-order valence-corrected chi connectivity index (χ1v) is 8.22. The van der Waals surface area contributed by atoms with E-state index >= 15 is 0 Å². The Morgan fingerprint density at radius 2 is 1.07 bits per heavy atom. The van der Waals surface area contributed by atoms with Crippen LogP contribution in [0.2, 0.25) is 0 Å². The van der Waals surface area contributed by atoms with Crippen molar-refractivity contribution in [1.29, 1.82) is 0 Å². The Morgan fingerprint density at radius 3 is 1.75 bits per heavy atom. The van der Waals surface area contributed by atoms with Gasteiger partial charge in [-0.15, -0.1) is 10.2 Å². The van der Waals surface area contributed by atoms with Gasteiger partial charge in [-0.2, -0.15) is 0 Å². The van der Waals surface area contributed by atoms with Crippen LogP contribution in [0.4, 0.5) is 22.7 Å². The molecule has 0 aliphatic carbocycles. The summed E-state index contributed by atoms with van der Waals surface area (Å²) in [6.07, 6.45) is 3.31. The van der Waals surface area contributed by atoms with Crippen molar-refractivity contribution in [3.05, 3.63) is 104 Å². The first kappa shape index (κ1) is 18.6.